The van der Waals surface area contributed by atoms with Crippen LogP contribution in [0.3, 0.4) is 0 Å². The van der Waals surface area contributed by atoms with Crippen molar-refractivity contribution in [3.05, 3.63) is 147 Å². The van der Waals surface area contributed by atoms with Crippen LogP contribution in [0.2, 0.25) is 0 Å². The van der Waals surface area contributed by atoms with E-state index in [4.69, 9.17) is 45.6 Å². The number of Topliss-reactive ketones (excluding diaryl/α,β-unsaturated/α-hetero) is 2. The Morgan fingerprint density at radius 1 is 0.714 bits per heavy atom. The van der Waals surface area contributed by atoms with Crippen molar-refractivity contribution in [2.24, 2.45) is 40.7 Å². The third-order valence-corrected chi connectivity index (χ3v) is 24.1. The van der Waals surface area contributed by atoms with Gasteiger partial charge in [0.25, 0.3) is 5.91 Å². The molecule has 3 heterocycles. The second kappa shape index (κ2) is 53.9. The maximum absolute atomic E-state index is 15.1. The fourth-order valence-electron chi connectivity index (χ4n) is 15.5. The van der Waals surface area contributed by atoms with Gasteiger partial charge in [-0.1, -0.05) is 140 Å². The van der Waals surface area contributed by atoms with E-state index in [0.717, 1.165) is 64.2 Å². The lowest BCUT2D eigenvalue weighted by Gasteiger charge is -2.40. The number of hydrogen-bond donors (Lipinski definition) is 7. The third-order valence-electron chi connectivity index (χ3n) is 23.1. The fourth-order valence-corrected chi connectivity index (χ4v) is 16.3. The molecule has 0 bridgehead atoms. The zero-order valence-corrected chi connectivity index (χ0v) is 76.3. The van der Waals surface area contributed by atoms with E-state index in [-0.39, 0.29) is 141 Å². The summed E-state index contributed by atoms with van der Waals surface area (Å²) in [5, 5.41) is 26.9. The summed E-state index contributed by atoms with van der Waals surface area (Å²) in [5.41, 5.74) is 10.3. The molecule has 0 spiro atoms. The number of rotatable bonds is 56. The Labute approximate surface area is 748 Å². The number of terminal acetylenes is 1. The Morgan fingerprint density at radius 3 is 2.01 bits per heavy atom. The van der Waals surface area contributed by atoms with Gasteiger partial charge in [-0.05, 0) is 168 Å². The summed E-state index contributed by atoms with van der Waals surface area (Å²) in [7, 11) is 1.93. The summed E-state index contributed by atoms with van der Waals surface area (Å²) in [6.45, 7) is 22.4. The van der Waals surface area contributed by atoms with Crippen LogP contribution in [-0.2, 0) is 92.8 Å². The first-order valence-electron chi connectivity index (χ1n) is 44.5. The smallest absolute Gasteiger partial charge is 0.411 e. The largest absolute Gasteiger partial charge is 0.481 e. The summed E-state index contributed by atoms with van der Waals surface area (Å²) < 4.78 is 34.3. The number of carboxylic acids is 1. The van der Waals surface area contributed by atoms with Crippen molar-refractivity contribution in [1.82, 2.24) is 36.1 Å². The van der Waals surface area contributed by atoms with Gasteiger partial charge in [-0.3, -0.25) is 53.4 Å². The molecule has 2 aliphatic heterocycles. The number of aliphatic carboxylic acids is 1. The van der Waals surface area contributed by atoms with Crippen LogP contribution in [0.25, 0.3) is 0 Å². The predicted molar refractivity (Wildman–Crippen MR) is 485 cm³/mol. The first-order chi connectivity index (χ1) is 60.3. The normalized spacial score (nSPS) is 15.1. The van der Waals surface area contributed by atoms with E-state index >= 15 is 4.79 Å². The number of benzene rings is 4. The molecule has 4 aromatic carbocycles. The molecule has 29 heteroatoms. The molecule has 7 rings (SSSR count). The van der Waals surface area contributed by atoms with Crippen LogP contribution >= 0.6 is 11.3 Å². The number of esters is 1. The van der Waals surface area contributed by atoms with E-state index in [2.05, 4.69) is 44.3 Å². The number of anilines is 2. The third kappa shape index (κ3) is 35.1. The van der Waals surface area contributed by atoms with Crippen molar-refractivity contribution in [2.45, 2.75) is 241 Å². The van der Waals surface area contributed by atoms with Gasteiger partial charge in [0, 0.05) is 118 Å². The van der Waals surface area contributed by atoms with Crippen molar-refractivity contribution in [3.63, 3.8) is 0 Å². The van der Waals surface area contributed by atoms with Crippen LogP contribution in [0.4, 0.5) is 21.0 Å². The number of nitrogens with two attached hydrogens (primary N) is 1. The van der Waals surface area contributed by atoms with Crippen LogP contribution in [0.15, 0.2) is 102 Å². The number of hydrogen-bond acceptors (Lipinski definition) is 20. The number of carbonyl (C=O) groups excluding carboxylic acids is 10. The number of ketones is 2. The van der Waals surface area contributed by atoms with Gasteiger partial charge in [0.1, 0.15) is 34.9 Å². The maximum Gasteiger partial charge on any atom is 0.411 e. The Hall–Kier alpha value is -10.4. The molecule has 1 saturated heterocycles. The molecule has 2 aliphatic rings. The van der Waals surface area contributed by atoms with Crippen LogP contribution in [0, 0.1) is 59.2 Å². The number of aromatic nitrogens is 1. The number of fused-ring (bicyclic) bond motifs is 2. The molecular formula is C97H134N10O18S. The molecule has 1 aromatic heterocycles. The number of urea groups is 1. The highest BCUT2D eigenvalue weighted by molar-refractivity contribution is 7.09. The minimum atomic E-state index is -1.27. The number of para-hydroxylation sites is 1. The van der Waals surface area contributed by atoms with Gasteiger partial charge in [-0.25, -0.2) is 14.6 Å². The SMILES string of the molecule is C#CCCCCN(C(=O)[C@@H](NC(=O)[C@H]1CCCCN1C)[C@@H](C)CC)[C@H](C[C@@H](OC(C)=O)c1nc(C(=O)N[C@@H](Cc2ccc(NC(=O)OCc3ccc(C[C@@H](C)[C@H](CCCNC(N)=O)NC(=O)[C@@H](CC(=O)CCOCCOCCOCCOCCCC(=O)CCC(=O)N4Cc5ccccc5C#Cc5ccccc54)C(C)C)cc3)cc2)CC(C)(C)C(=O)O)cs1)C(C)C. The molecule has 28 nitrogen and oxygen atoms in total. The molecule has 0 saturated carbocycles. The zero-order valence-electron chi connectivity index (χ0n) is 75.5. The van der Waals surface area contributed by atoms with Gasteiger partial charge in [0.15, 0.2) is 6.10 Å². The molecule has 0 radical (unpaired) electrons. The fraction of sp³-hybridized carbons (Fsp3) is 0.567. The molecule has 126 heavy (non-hydrogen) atoms. The van der Waals surface area contributed by atoms with Gasteiger partial charge in [-0.15, -0.1) is 23.7 Å². The number of carboxylic acid groups (broad SMARTS) is 1. The molecular weight excluding hydrogens is 1630 g/mol. The number of piperidine rings is 1. The van der Waals surface area contributed by atoms with E-state index < -0.39 is 65.5 Å². The Kier molecular flexibility index (Phi) is 43.9. The predicted octanol–water partition coefficient (Wildman–Crippen LogP) is 13.3. The first kappa shape index (κ1) is 103. The van der Waals surface area contributed by atoms with Gasteiger partial charge in [0.05, 0.1) is 69.9 Å². The summed E-state index contributed by atoms with van der Waals surface area (Å²) in [4.78, 5) is 158. The highest BCUT2D eigenvalue weighted by Gasteiger charge is 2.40. The Morgan fingerprint density at radius 2 is 1.36 bits per heavy atom. The van der Waals surface area contributed by atoms with E-state index in [9.17, 15) is 53.1 Å². The number of likely N-dealkylation sites (N-methyl/N-ethyl adjacent to an activating group) is 1. The van der Waals surface area contributed by atoms with Crippen molar-refractivity contribution in [1.29, 1.82) is 0 Å². The van der Waals surface area contributed by atoms with Crippen molar-refractivity contribution < 1.29 is 86.3 Å². The summed E-state index contributed by atoms with van der Waals surface area (Å²) >= 11 is 1.12. The quantitative estimate of drug-likeness (QED) is 0.0108. The number of ether oxygens (including phenoxy) is 6. The number of amides is 8. The Bertz CT molecular complexity index is 4460. The van der Waals surface area contributed by atoms with E-state index in [0.29, 0.717) is 140 Å². The number of unbranched alkanes of at least 4 members (excludes halogenated alkanes) is 2. The minimum absolute atomic E-state index is 0.00135. The summed E-state index contributed by atoms with van der Waals surface area (Å²) in [6.07, 6.45) is 12.1. The molecule has 8 N–H and O–H groups in total. The topological polar surface area (TPSA) is 372 Å². The first-order valence-corrected chi connectivity index (χ1v) is 45.4. The van der Waals surface area contributed by atoms with Gasteiger partial charge >= 0.3 is 24.1 Å². The molecule has 0 unspecified atom stereocenters. The maximum atomic E-state index is 15.1. The number of nitrogens with zero attached hydrogens (tertiary/aromatic N) is 4. The average molecular weight is 1760 g/mol. The zero-order chi connectivity index (χ0) is 91.7. The van der Waals surface area contributed by atoms with Crippen molar-refractivity contribution in [2.75, 3.05) is 89.8 Å². The van der Waals surface area contributed by atoms with Crippen molar-refractivity contribution in [3.8, 4) is 24.2 Å². The molecule has 8 amide bonds. The lowest BCUT2D eigenvalue weighted by molar-refractivity contribution is -0.150. The highest BCUT2D eigenvalue weighted by atomic mass is 32.1. The van der Waals surface area contributed by atoms with Gasteiger partial charge in [-0.2, -0.15) is 0 Å². The van der Waals surface area contributed by atoms with Crippen LogP contribution < -0.4 is 37.2 Å². The number of thiazole rings is 1. The molecule has 5 aromatic rings. The summed E-state index contributed by atoms with van der Waals surface area (Å²) in [6, 6.07) is 26.4. The highest BCUT2D eigenvalue weighted by Crippen LogP contribution is 2.34. The second-order valence-corrected chi connectivity index (χ2v) is 35.2. The average Bonchev–Trinajstić information content (AvgIpc) is 0.893. The number of primary amides is 1. The standard InChI is InChI=1S/C97H134N10O18S/c1-13-15-16-22-48-106(93(115)88(67(7)14-2)104-91(114)84-32-21-23-47-105(84)12)85(66(5)6)60-86(125-69(9)108)92-103-82(64-126-92)90(113)100-77(61-97(10,11)94(116)117)58-71-37-41-76(42-38-71)101-96(119)124-63-72-35-33-70(34-36-72)57-68(8)81(30-24-46-99-95(98)118)102-89(112)80(65(3)4)59-79(110)45-50-121-52-54-123-56-55-122-53-51-120-49-25-29-78(109)43-44-87(111)107-62-75-28-18-17-26-73(75)39-40-74-27-19-20-31-83(74)107/h1,17-20,26-28,31,33-38,41-42,64-68,77,80-81,84-86,88H,14-16,21-25,29-30,32,43-63H2,2-12H3,(H,100,113)(H,101,119)(H,102,112)(H,104,114)(H,116,117)(H3,98,99,118)/t67-,68+,77-,80-,81-,84+,85+,86+,88-/m0/s1. The van der Waals surface area contributed by atoms with Gasteiger partial charge < -0.3 is 70.3 Å². The lowest BCUT2D eigenvalue weighted by Crippen LogP contribution is -2.59. The lowest BCUT2D eigenvalue weighted by atomic mass is 9.84. The molecule has 1 fully saturated rings. The second-order valence-electron chi connectivity index (χ2n) is 34.3. The van der Waals surface area contributed by atoms with Gasteiger partial charge in [0.2, 0.25) is 23.6 Å². The minimum Gasteiger partial charge on any atom is -0.481 e. The molecule has 9 atom stereocenters. The number of likely N-dealkylation sites (tertiary alicyclic amines) is 1. The summed E-state index contributed by atoms with van der Waals surface area (Å²) in [5.74, 6) is 4.72. The Balaban J connectivity index is 0.821. The van der Waals surface area contributed by atoms with E-state index in [1.807, 2.05) is 133 Å². The van der Waals surface area contributed by atoms with Crippen molar-refractivity contribution >= 4 is 87.9 Å². The number of nitrogens with one attached hydrogen (secondary N) is 5. The van der Waals surface area contributed by atoms with E-state index in [1.54, 1.807) is 53.3 Å². The monoisotopic (exact) mass is 1760 g/mol. The van der Waals surface area contributed by atoms with E-state index in [1.165, 1.54) is 6.92 Å². The number of carbonyl (C=O) groups is 11. The molecule has 686 valence electrons. The molecule has 0 aliphatic carbocycles. The van der Waals surface area contributed by atoms with Crippen LogP contribution in [0.1, 0.15) is 233 Å². The van der Waals surface area contributed by atoms with Crippen LogP contribution in [0.5, 0.6) is 0 Å². The van der Waals surface area contributed by atoms with Crippen LogP contribution in [-0.4, -0.2) is 195 Å².